The van der Waals surface area contributed by atoms with Crippen molar-refractivity contribution in [1.29, 1.82) is 0 Å². The normalized spacial score (nSPS) is 13.7. The molecule has 0 aromatic rings. The Balaban J connectivity index is 4.70. The molecule has 0 aliphatic heterocycles. The third-order valence-corrected chi connectivity index (χ3v) is 13.0. The molecule has 3 atom stereocenters. The van der Waals surface area contributed by atoms with Gasteiger partial charge in [0.05, 0.1) is 19.8 Å². The monoisotopic (exact) mass is 983 g/mol. The number of esters is 3. The Hall–Kier alpha value is -2.30. The summed E-state index contributed by atoms with van der Waals surface area (Å²) in [5, 5.41) is 9.76. The lowest BCUT2D eigenvalue weighted by atomic mass is 10.1. The van der Waals surface area contributed by atoms with Crippen LogP contribution in [0.5, 0.6) is 0 Å². The molecule has 68 heavy (non-hydrogen) atoms. The number of phosphoric ester groups is 1. The molecule has 0 radical (unpaired) electrons. The van der Waals surface area contributed by atoms with Crippen molar-refractivity contribution in [1.82, 2.24) is 0 Å². The zero-order valence-electron chi connectivity index (χ0n) is 43.8. The van der Waals surface area contributed by atoms with Crippen molar-refractivity contribution in [3.63, 3.8) is 0 Å². The van der Waals surface area contributed by atoms with Gasteiger partial charge in [-0.05, 0) is 77.0 Å². The Bertz CT molecular complexity index is 1280. The lowest BCUT2D eigenvalue weighted by Crippen LogP contribution is -2.30. The summed E-state index contributed by atoms with van der Waals surface area (Å²) in [6.07, 6.45) is 51.1. The van der Waals surface area contributed by atoms with Crippen molar-refractivity contribution in [3.8, 4) is 0 Å². The molecule has 11 nitrogen and oxygen atoms in total. The van der Waals surface area contributed by atoms with Crippen LogP contribution in [0.25, 0.3) is 0 Å². The highest BCUT2D eigenvalue weighted by Crippen LogP contribution is 2.43. The Morgan fingerprint density at radius 3 is 1.15 bits per heavy atom. The van der Waals surface area contributed by atoms with E-state index in [0.29, 0.717) is 19.3 Å². The lowest BCUT2D eigenvalue weighted by molar-refractivity contribution is -0.161. The van der Waals surface area contributed by atoms with Gasteiger partial charge in [-0.3, -0.25) is 23.4 Å². The Morgan fingerprint density at radius 1 is 0.412 bits per heavy atom. The molecule has 0 aliphatic rings. The van der Waals surface area contributed by atoms with Crippen LogP contribution in [0.2, 0.25) is 0 Å². The lowest BCUT2D eigenvalue weighted by Gasteiger charge is -2.21. The van der Waals surface area contributed by atoms with Crippen molar-refractivity contribution in [2.24, 2.45) is 0 Å². The van der Waals surface area contributed by atoms with E-state index in [2.05, 4.69) is 57.2 Å². The van der Waals surface area contributed by atoms with E-state index in [0.717, 1.165) is 89.9 Å². The first-order valence-electron chi connectivity index (χ1n) is 27.9. The van der Waals surface area contributed by atoms with Crippen molar-refractivity contribution in [3.05, 3.63) is 36.5 Å². The number of aliphatic hydroxyl groups is 1. The molecule has 0 saturated heterocycles. The number of rotatable bonds is 52. The van der Waals surface area contributed by atoms with Crippen LogP contribution in [0.4, 0.5) is 0 Å². The van der Waals surface area contributed by atoms with E-state index in [4.69, 9.17) is 23.3 Å². The third kappa shape index (κ3) is 48.7. The SMILES string of the molecule is CCCCC/C=C\C/C=C\CCCCCCCCCCCC(=O)OC(COC(=O)CCCCCCC/C=C\CCCCCC)COP(=O)(O)OCC(CO)OC(=O)CCCCCCCCCCC. The predicted molar refractivity (Wildman–Crippen MR) is 279 cm³/mol. The first-order valence-corrected chi connectivity index (χ1v) is 29.4. The van der Waals surface area contributed by atoms with Gasteiger partial charge < -0.3 is 24.2 Å². The fraction of sp³-hybridized carbons (Fsp3) is 0.839. The standard InChI is InChI=1S/C56H103O11P/c1-4-7-10-13-16-19-21-23-24-25-26-27-28-30-32-35-38-41-44-47-56(60)67-53(49-63-54(58)45-42-39-36-34-31-29-22-20-17-14-11-8-5-2)51-65-68(61,62)64-50-52(48-57)66-55(59)46-43-40-37-33-18-15-12-9-6-3/h16,19-20,22-24,52-53,57H,4-15,17-18,21,25-51H2,1-3H3,(H,61,62)/b19-16-,22-20-,24-23-. The van der Waals surface area contributed by atoms with Gasteiger partial charge in [0.1, 0.15) is 12.7 Å². The predicted octanol–water partition coefficient (Wildman–Crippen LogP) is 16.0. The summed E-state index contributed by atoms with van der Waals surface area (Å²) >= 11 is 0. The number of aliphatic hydroxyl groups excluding tert-OH is 1. The highest BCUT2D eigenvalue weighted by molar-refractivity contribution is 7.47. The number of allylic oxidation sites excluding steroid dienone is 6. The fourth-order valence-corrected chi connectivity index (χ4v) is 8.52. The Labute approximate surface area is 416 Å². The minimum atomic E-state index is -4.74. The molecular weight excluding hydrogens is 880 g/mol. The van der Waals surface area contributed by atoms with Gasteiger partial charge in [0.25, 0.3) is 0 Å². The first kappa shape index (κ1) is 65.7. The van der Waals surface area contributed by atoms with Crippen molar-refractivity contribution in [2.75, 3.05) is 26.4 Å². The van der Waals surface area contributed by atoms with Crippen LogP contribution in [-0.2, 0) is 42.2 Å². The Morgan fingerprint density at radius 2 is 0.721 bits per heavy atom. The number of carbonyl (C=O) groups is 3. The number of carbonyl (C=O) groups excluding carboxylic acids is 3. The number of ether oxygens (including phenoxy) is 3. The number of phosphoric acid groups is 1. The summed E-state index contributed by atoms with van der Waals surface area (Å²) < 4.78 is 39.4. The summed E-state index contributed by atoms with van der Waals surface area (Å²) in [5.41, 5.74) is 0. The van der Waals surface area contributed by atoms with Gasteiger partial charge in [0.2, 0.25) is 0 Å². The van der Waals surface area contributed by atoms with E-state index in [1.54, 1.807) is 0 Å². The second-order valence-corrected chi connectivity index (χ2v) is 20.2. The number of hydrogen-bond acceptors (Lipinski definition) is 10. The average Bonchev–Trinajstić information content (AvgIpc) is 3.32. The summed E-state index contributed by atoms with van der Waals surface area (Å²) in [5.74, 6) is -1.47. The van der Waals surface area contributed by atoms with Gasteiger partial charge >= 0.3 is 25.7 Å². The molecular formula is C56H103O11P. The van der Waals surface area contributed by atoms with Crippen LogP contribution in [0, 0.1) is 0 Å². The van der Waals surface area contributed by atoms with Crippen LogP contribution in [0.15, 0.2) is 36.5 Å². The molecule has 398 valence electrons. The molecule has 0 rings (SSSR count). The molecule has 0 fully saturated rings. The number of hydrogen-bond donors (Lipinski definition) is 2. The van der Waals surface area contributed by atoms with Gasteiger partial charge in [-0.15, -0.1) is 0 Å². The van der Waals surface area contributed by atoms with E-state index in [-0.39, 0.29) is 25.9 Å². The van der Waals surface area contributed by atoms with Crippen molar-refractivity contribution in [2.45, 2.75) is 277 Å². The molecule has 0 heterocycles. The quantitative estimate of drug-likeness (QED) is 0.0197. The fourth-order valence-electron chi connectivity index (χ4n) is 7.73. The van der Waals surface area contributed by atoms with Crippen LogP contribution in [0.3, 0.4) is 0 Å². The van der Waals surface area contributed by atoms with Crippen molar-refractivity contribution >= 4 is 25.7 Å². The van der Waals surface area contributed by atoms with Gasteiger partial charge in [0.15, 0.2) is 6.10 Å². The van der Waals surface area contributed by atoms with E-state index in [9.17, 15) is 28.9 Å². The van der Waals surface area contributed by atoms with Crippen LogP contribution in [0.1, 0.15) is 265 Å². The zero-order valence-corrected chi connectivity index (χ0v) is 44.7. The van der Waals surface area contributed by atoms with E-state index in [1.807, 2.05) is 0 Å². The smallest absolute Gasteiger partial charge is 0.462 e. The molecule has 0 aliphatic carbocycles. The maximum atomic E-state index is 12.9. The average molecular weight is 983 g/mol. The van der Waals surface area contributed by atoms with Crippen LogP contribution >= 0.6 is 7.82 Å². The largest absolute Gasteiger partial charge is 0.472 e. The van der Waals surface area contributed by atoms with E-state index >= 15 is 0 Å². The summed E-state index contributed by atoms with van der Waals surface area (Å²) in [4.78, 5) is 48.3. The molecule has 2 N–H and O–H groups in total. The second-order valence-electron chi connectivity index (χ2n) is 18.7. The van der Waals surface area contributed by atoms with Gasteiger partial charge in [-0.25, -0.2) is 4.57 Å². The van der Waals surface area contributed by atoms with E-state index < -0.39 is 57.8 Å². The molecule has 3 unspecified atom stereocenters. The minimum absolute atomic E-state index is 0.164. The van der Waals surface area contributed by atoms with E-state index in [1.165, 1.54) is 116 Å². The minimum Gasteiger partial charge on any atom is -0.462 e. The molecule has 0 bridgehead atoms. The van der Waals surface area contributed by atoms with Crippen LogP contribution < -0.4 is 0 Å². The van der Waals surface area contributed by atoms with Crippen LogP contribution in [-0.4, -0.2) is 66.5 Å². The first-order chi connectivity index (χ1) is 33.2. The summed E-state index contributed by atoms with van der Waals surface area (Å²) in [7, 11) is -4.74. The molecule has 0 saturated carbocycles. The maximum absolute atomic E-state index is 12.9. The molecule has 12 heteroatoms. The summed E-state index contributed by atoms with van der Waals surface area (Å²) in [6.45, 7) is 4.58. The Kier molecular flexibility index (Phi) is 49.3. The maximum Gasteiger partial charge on any atom is 0.472 e. The molecule has 0 spiro atoms. The van der Waals surface area contributed by atoms with Crippen molar-refractivity contribution < 1.29 is 52.2 Å². The van der Waals surface area contributed by atoms with Gasteiger partial charge in [-0.2, -0.15) is 0 Å². The highest BCUT2D eigenvalue weighted by Gasteiger charge is 2.28. The van der Waals surface area contributed by atoms with Gasteiger partial charge in [-0.1, -0.05) is 205 Å². The highest BCUT2D eigenvalue weighted by atomic mass is 31.2. The second kappa shape index (κ2) is 51.1. The van der Waals surface area contributed by atoms with Gasteiger partial charge in [0, 0.05) is 19.3 Å². The number of unbranched alkanes of at least 4 members (excludes halogenated alkanes) is 29. The molecule has 0 amide bonds. The molecule has 0 aromatic carbocycles. The third-order valence-electron chi connectivity index (χ3n) is 12.0. The molecule has 0 aromatic heterocycles. The summed E-state index contributed by atoms with van der Waals surface area (Å²) in [6, 6.07) is 0. The topological polar surface area (TPSA) is 155 Å². The zero-order chi connectivity index (χ0) is 49.9.